The lowest BCUT2D eigenvalue weighted by Crippen LogP contribution is -2.18. The molecule has 114 valence electrons. The number of ether oxygens (including phenoxy) is 1. The molecule has 0 aliphatic rings. The van der Waals surface area contributed by atoms with Crippen molar-refractivity contribution in [2.24, 2.45) is 5.92 Å². The summed E-state index contributed by atoms with van der Waals surface area (Å²) in [5, 5.41) is 8.92. The van der Waals surface area contributed by atoms with Crippen LogP contribution < -0.4 is 4.74 Å². The number of carboxylic acids is 1. The Morgan fingerprint density at radius 1 is 1.33 bits per heavy atom. The Morgan fingerprint density at radius 3 is 2.62 bits per heavy atom. The van der Waals surface area contributed by atoms with Crippen molar-refractivity contribution < 1.29 is 24.2 Å². The van der Waals surface area contributed by atoms with Gasteiger partial charge in [0.15, 0.2) is 0 Å². The minimum Gasteiger partial charge on any atom is -0.481 e. The van der Waals surface area contributed by atoms with Crippen LogP contribution in [0.4, 0.5) is 0 Å². The largest absolute Gasteiger partial charge is 0.481 e. The lowest BCUT2D eigenvalue weighted by molar-refractivity contribution is -0.143. The molecule has 1 N–H and O–H groups in total. The Bertz CT molecular complexity index is 527. The van der Waals surface area contributed by atoms with Gasteiger partial charge in [0.05, 0.1) is 11.7 Å². The van der Waals surface area contributed by atoms with E-state index in [1.165, 1.54) is 18.7 Å². The Hall–Kier alpha value is -1.82. The van der Waals surface area contributed by atoms with Gasteiger partial charge in [-0.25, -0.2) is 0 Å². The number of Topliss-reactive ketones (excluding diaryl/α,β-unsaturated/α-hetero) is 1. The normalized spacial score (nSPS) is 11.7. The molecule has 5 nitrogen and oxygen atoms in total. The first-order valence-corrected chi connectivity index (χ1v) is 7.56. The van der Waals surface area contributed by atoms with Crippen molar-refractivity contribution >= 4 is 29.5 Å². The van der Waals surface area contributed by atoms with Crippen molar-refractivity contribution in [1.29, 1.82) is 0 Å². The van der Waals surface area contributed by atoms with Crippen LogP contribution in [0.3, 0.4) is 0 Å². The quantitative estimate of drug-likeness (QED) is 0.452. The number of benzene rings is 1. The molecule has 1 atom stereocenters. The molecular formula is C15H18O5S. The van der Waals surface area contributed by atoms with E-state index in [2.05, 4.69) is 0 Å². The highest BCUT2D eigenvalue weighted by Crippen LogP contribution is 2.24. The fourth-order valence-corrected chi connectivity index (χ4v) is 2.52. The van der Waals surface area contributed by atoms with Crippen molar-refractivity contribution in [3.05, 3.63) is 24.3 Å². The third kappa shape index (κ3) is 6.44. The van der Waals surface area contributed by atoms with Gasteiger partial charge in [0, 0.05) is 18.2 Å². The van der Waals surface area contributed by atoms with Gasteiger partial charge in [-0.3, -0.25) is 14.4 Å². The number of thioether (sulfide) groups is 1. The Labute approximate surface area is 127 Å². The molecule has 0 spiro atoms. The van der Waals surface area contributed by atoms with E-state index >= 15 is 0 Å². The van der Waals surface area contributed by atoms with Crippen LogP contribution in [-0.2, 0) is 14.4 Å². The van der Waals surface area contributed by atoms with E-state index in [0.29, 0.717) is 12.2 Å². The maximum atomic E-state index is 11.8. The number of carbonyl (C=O) groups excluding carboxylic acids is 2. The van der Waals surface area contributed by atoms with Crippen molar-refractivity contribution in [1.82, 2.24) is 0 Å². The molecule has 0 fully saturated rings. The number of rotatable bonds is 8. The predicted molar refractivity (Wildman–Crippen MR) is 79.5 cm³/mol. The fourth-order valence-electron chi connectivity index (χ4n) is 1.70. The Kier molecular flexibility index (Phi) is 6.94. The number of carboxylic acid groups (broad SMARTS) is 1. The minimum absolute atomic E-state index is 0.0441. The molecule has 0 aliphatic heterocycles. The summed E-state index contributed by atoms with van der Waals surface area (Å²) >= 11 is 1.30. The average Bonchev–Trinajstić information content (AvgIpc) is 2.42. The van der Waals surface area contributed by atoms with Crippen molar-refractivity contribution in [3.63, 3.8) is 0 Å². The van der Waals surface area contributed by atoms with E-state index in [-0.39, 0.29) is 18.0 Å². The van der Waals surface area contributed by atoms with E-state index in [0.717, 1.165) is 4.90 Å². The summed E-state index contributed by atoms with van der Waals surface area (Å²) in [6.45, 7) is 3.07. The van der Waals surface area contributed by atoms with Gasteiger partial charge < -0.3 is 9.84 Å². The van der Waals surface area contributed by atoms with Crippen LogP contribution in [0.25, 0.3) is 0 Å². The number of hydrogen-bond donors (Lipinski definition) is 1. The monoisotopic (exact) mass is 310 g/mol. The lowest BCUT2D eigenvalue weighted by atomic mass is 10.0. The van der Waals surface area contributed by atoms with Crippen molar-refractivity contribution in [3.8, 4) is 5.75 Å². The van der Waals surface area contributed by atoms with Crippen LogP contribution in [0.1, 0.15) is 26.7 Å². The van der Waals surface area contributed by atoms with Crippen molar-refractivity contribution in [2.75, 3.05) is 5.75 Å². The lowest BCUT2D eigenvalue weighted by Gasteiger charge is -2.08. The van der Waals surface area contributed by atoms with E-state index in [1.54, 1.807) is 31.2 Å². The van der Waals surface area contributed by atoms with Gasteiger partial charge in [-0.15, -0.1) is 11.8 Å². The predicted octanol–water partition coefficient (Wildman–Crippen LogP) is 2.77. The first kappa shape index (κ1) is 17.2. The molecular weight excluding hydrogens is 292 g/mol. The fraction of sp³-hybridized carbons (Fsp3) is 0.400. The van der Waals surface area contributed by atoms with Crippen LogP contribution in [0, 0.1) is 5.92 Å². The summed E-state index contributed by atoms with van der Waals surface area (Å²) in [4.78, 5) is 34.3. The van der Waals surface area contributed by atoms with Gasteiger partial charge in [0.2, 0.25) is 0 Å². The summed E-state index contributed by atoms with van der Waals surface area (Å²) in [6, 6.07) is 6.87. The molecule has 1 rings (SSSR count). The molecule has 0 heterocycles. The van der Waals surface area contributed by atoms with E-state index < -0.39 is 17.9 Å². The molecule has 0 bridgehead atoms. The maximum Gasteiger partial charge on any atom is 0.308 e. The third-order valence-electron chi connectivity index (χ3n) is 2.78. The second-order valence-corrected chi connectivity index (χ2v) is 5.59. The summed E-state index contributed by atoms with van der Waals surface area (Å²) in [7, 11) is 0. The second-order valence-electron chi connectivity index (χ2n) is 4.54. The summed E-state index contributed by atoms with van der Waals surface area (Å²) in [5.41, 5.74) is 0. The molecule has 0 radical (unpaired) electrons. The van der Waals surface area contributed by atoms with E-state index in [1.807, 2.05) is 0 Å². The Morgan fingerprint density at radius 2 is 2.05 bits per heavy atom. The van der Waals surface area contributed by atoms with Gasteiger partial charge in [0.25, 0.3) is 0 Å². The average molecular weight is 310 g/mol. The van der Waals surface area contributed by atoms with Gasteiger partial charge in [-0.05, 0) is 24.6 Å². The maximum absolute atomic E-state index is 11.8. The SMILES string of the molecule is CCC(CC(=O)CSc1cccc(OC(C)=O)c1)C(=O)O. The summed E-state index contributed by atoms with van der Waals surface area (Å²) in [5.74, 6) is -1.43. The molecule has 0 saturated heterocycles. The molecule has 0 aromatic heterocycles. The van der Waals surface area contributed by atoms with E-state index in [4.69, 9.17) is 9.84 Å². The van der Waals surface area contributed by atoms with Gasteiger partial charge in [-0.2, -0.15) is 0 Å². The molecule has 1 unspecified atom stereocenters. The zero-order chi connectivity index (χ0) is 15.8. The topological polar surface area (TPSA) is 80.7 Å². The number of ketones is 1. The van der Waals surface area contributed by atoms with Gasteiger partial charge >= 0.3 is 11.9 Å². The van der Waals surface area contributed by atoms with Gasteiger partial charge in [0.1, 0.15) is 11.5 Å². The molecule has 0 saturated carbocycles. The summed E-state index contributed by atoms with van der Waals surface area (Å²) in [6.07, 6.45) is 0.482. The highest BCUT2D eigenvalue weighted by molar-refractivity contribution is 8.00. The molecule has 0 amide bonds. The van der Waals surface area contributed by atoms with Crippen LogP contribution in [0.2, 0.25) is 0 Å². The number of esters is 1. The van der Waals surface area contributed by atoms with E-state index in [9.17, 15) is 14.4 Å². The molecule has 21 heavy (non-hydrogen) atoms. The molecule has 6 heteroatoms. The number of carbonyl (C=O) groups is 3. The minimum atomic E-state index is -0.937. The molecule has 0 aliphatic carbocycles. The highest BCUT2D eigenvalue weighted by atomic mass is 32.2. The summed E-state index contributed by atoms with van der Waals surface area (Å²) < 4.78 is 4.96. The second kappa shape index (κ2) is 8.46. The first-order valence-electron chi connectivity index (χ1n) is 6.58. The number of aliphatic carboxylic acids is 1. The first-order chi connectivity index (χ1) is 9.92. The zero-order valence-electron chi connectivity index (χ0n) is 12.0. The zero-order valence-corrected chi connectivity index (χ0v) is 12.8. The molecule has 1 aromatic rings. The van der Waals surface area contributed by atoms with Crippen LogP contribution >= 0.6 is 11.8 Å². The smallest absolute Gasteiger partial charge is 0.308 e. The third-order valence-corrected chi connectivity index (χ3v) is 3.84. The standard InChI is InChI=1S/C15H18O5S/c1-3-11(15(18)19)7-12(17)9-21-14-6-4-5-13(8-14)20-10(2)16/h4-6,8,11H,3,7,9H2,1-2H3,(H,18,19). The van der Waals surface area contributed by atoms with Gasteiger partial charge in [-0.1, -0.05) is 13.0 Å². The van der Waals surface area contributed by atoms with Crippen molar-refractivity contribution in [2.45, 2.75) is 31.6 Å². The van der Waals surface area contributed by atoms with Crippen LogP contribution in [-0.4, -0.2) is 28.6 Å². The van der Waals surface area contributed by atoms with Crippen LogP contribution in [0.5, 0.6) is 5.75 Å². The molecule has 1 aromatic carbocycles. The Balaban J connectivity index is 2.53. The number of hydrogen-bond acceptors (Lipinski definition) is 5. The highest BCUT2D eigenvalue weighted by Gasteiger charge is 2.19. The van der Waals surface area contributed by atoms with Crippen LogP contribution in [0.15, 0.2) is 29.2 Å².